The molecule has 2 aromatic rings. The number of hydrogen-bond acceptors (Lipinski definition) is 4. The van der Waals surface area contributed by atoms with Crippen LogP contribution in [-0.2, 0) is 0 Å². The van der Waals surface area contributed by atoms with Crippen LogP contribution in [-0.4, -0.2) is 22.2 Å². The van der Waals surface area contributed by atoms with Gasteiger partial charge in [0, 0.05) is 17.7 Å². The van der Waals surface area contributed by atoms with Crippen molar-refractivity contribution in [2.24, 2.45) is 0 Å². The van der Waals surface area contributed by atoms with Crippen LogP contribution in [0, 0.1) is 0 Å². The van der Waals surface area contributed by atoms with Crippen LogP contribution < -0.4 is 5.32 Å². The van der Waals surface area contributed by atoms with Crippen molar-refractivity contribution in [1.82, 2.24) is 10.5 Å². The number of aromatic nitrogens is 1. The maximum absolute atomic E-state index is 12.0. The van der Waals surface area contributed by atoms with Gasteiger partial charge in [0.2, 0.25) is 0 Å². The molecule has 5 nitrogen and oxygen atoms in total. The molecule has 0 radical (unpaired) electrons. The summed E-state index contributed by atoms with van der Waals surface area (Å²) < 4.78 is 5.17. The molecule has 2 N–H and O–H groups in total. The zero-order valence-corrected chi connectivity index (χ0v) is 11.0. The van der Waals surface area contributed by atoms with Gasteiger partial charge in [0.1, 0.15) is 5.75 Å². The van der Waals surface area contributed by atoms with Gasteiger partial charge in [-0.25, -0.2) is 0 Å². The SMILES string of the molecule is O=C(NC1CCCC1)c1cc(-c2cccc(O)c2)on1. The number of carbonyl (C=O) groups is 1. The molecule has 0 atom stereocenters. The standard InChI is InChI=1S/C15H16N2O3/c18-12-7-3-4-10(8-12)14-9-13(17-20-14)15(19)16-11-5-1-2-6-11/h3-4,7-9,11,18H,1-2,5-6H2,(H,16,19). The predicted octanol–water partition coefficient (Wildman–Crippen LogP) is 2.72. The summed E-state index contributed by atoms with van der Waals surface area (Å²) in [5.74, 6) is 0.417. The molecule has 1 fully saturated rings. The largest absolute Gasteiger partial charge is 0.508 e. The van der Waals surface area contributed by atoms with E-state index in [0.717, 1.165) is 25.7 Å². The highest BCUT2D eigenvalue weighted by molar-refractivity contribution is 5.93. The minimum Gasteiger partial charge on any atom is -0.508 e. The Labute approximate surface area is 116 Å². The Kier molecular flexibility index (Phi) is 3.41. The van der Waals surface area contributed by atoms with Crippen molar-refractivity contribution in [2.45, 2.75) is 31.7 Å². The number of aromatic hydroxyl groups is 1. The first-order valence-corrected chi connectivity index (χ1v) is 6.79. The Balaban J connectivity index is 1.74. The van der Waals surface area contributed by atoms with E-state index in [1.165, 1.54) is 0 Å². The molecule has 1 aromatic heterocycles. The second-order valence-corrected chi connectivity index (χ2v) is 5.08. The number of carbonyl (C=O) groups excluding carboxylic acids is 1. The van der Waals surface area contributed by atoms with Crippen molar-refractivity contribution in [2.75, 3.05) is 0 Å². The normalized spacial score (nSPS) is 15.4. The van der Waals surface area contributed by atoms with Crippen LogP contribution in [0.3, 0.4) is 0 Å². The van der Waals surface area contributed by atoms with E-state index >= 15 is 0 Å². The van der Waals surface area contributed by atoms with Gasteiger partial charge in [0.25, 0.3) is 5.91 Å². The molecule has 1 aliphatic carbocycles. The Morgan fingerprint density at radius 2 is 2.10 bits per heavy atom. The van der Waals surface area contributed by atoms with Gasteiger partial charge in [-0.2, -0.15) is 0 Å². The average Bonchev–Trinajstić information content (AvgIpc) is 3.09. The van der Waals surface area contributed by atoms with E-state index in [4.69, 9.17) is 4.52 Å². The summed E-state index contributed by atoms with van der Waals surface area (Å²) in [6.07, 6.45) is 4.39. The summed E-state index contributed by atoms with van der Waals surface area (Å²) in [6, 6.07) is 8.50. The molecular weight excluding hydrogens is 256 g/mol. The summed E-state index contributed by atoms with van der Waals surface area (Å²) in [5, 5.41) is 16.2. The third-order valence-corrected chi connectivity index (χ3v) is 3.56. The molecule has 1 saturated carbocycles. The predicted molar refractivity (Wildman–Crippen MR) is 73.3 cm³/mol. The fourth-order valence-electron chi connectivity index (χ4n) is 2.51. The van der Waals surface area contributed by atoms with Crippen LogP contribution in [0.4, 0.5) is 0 Å². The van der Waals surface area contributed by atoms with E-state index in [9.17, 15) is 9.90 Å². The third kappa shape index (κ3) is 2.66. The molecule has 1 heterocycles. The maximum atomic E-state index is 12.0. The average molecular weight is 272 g/mol. The van der Waals surface area contributed by atoms with Crippen molar-refractivity contribution in [3.63, 3.8) is 0 Å². The number of phenolic OH excluding ortho intramolecular Hbond substituents is 1. The monoisotopic (exact) mass is 272 g/mol. The maximum Gasteiger partial charge on any atom is 0.273 e. The van der Waals surface area contributed by atoms with Crippen LogP contribution in [0.5, 0.6) is 5.75 Å². The molecule has 0 saturated heterocycles. The van der Waals surface area contributed by atoms with Crippen molar-refractivity contribution in [1.29, 1.82) is 0 Å². The minimum absolute atomic E-state index is 0.149. The first-order valence-electron chi connectivity index (χ1n) is 6.79. The highest BCUT2D eigenvalue weighted by Gasteiger charge is 2.20. The number of amides is 1. The topological polar surface area (TPSA) is 75.4 Å². The van der Waals surface area contributed by atoms with E-state index < -0.39 is 0 Å². The summed E-state index contributed by atoms with van der Waals surface area (Å²) in [5.41, 5.74) is 0.965. The lowest BCUT2D eigenvalue weighted by atomic mass is 10.1. The van der Waals surface area contributed by atoms with Crippen LogP contribution in [0.2, 0.25) is 0 Å². The second kappa shape index (κ2) is 5.36. The molecule has 1 aromatic carbocycles. The molecular formula is C15H16N2O3. The van der Waals surface area contributed by atoms with Crippen LogP contribution in [0.15, 0.2) is 34.9 Å². The molecule has 3 rings (SSSR count). The quantitative estimate of drug-likeness (QED) is 0.900. The van der Waals surface area contributed by atoms with Crippen molar-refractivity contribution in [3.8, 4) is 17.1 Å². The molecule has 5 heteroatoms. The minimum atomic E-state index is -0.202. The molecule has 0 unspecified atom stereocenters. The molecule has 1 aliphatic rings. The van der Waals surface area contributed by atoms with Gasteiger partial charge in [0.05, 0.1) is 0 Å². The smallest absolute Gasteiger partial charge is 0.273 e. The fraction of sp³-hybridized carbons (Fsp3) is 0.333. The van der Waals surface area contributed by atoms with Gasteiger partial charge in [-0.1, -0.05) is 30.1 Å². The molecule has 104 valence electrons. The first kappa shape index (κ1) is 12.7. The van der Waals surface area contributed by atoms with Gasteiger partial charge in [-0.15, -0.1) is 0 Å². The number of rotatable bonds is 3. The molecule has 0 spiro atoms. The Hall–Kier alpha value is -2.30. The van der Waals surface area contributed by atoms with Gasteiger partial charge in [0.15, 0.2) is 11.5 Å². The number of nitrogens with one attached hydrogen (secondary N) is 1. The Morgan fingerprint density at radius 1 is 1.30 bits per heavy atom. The highest BCUT2D eigenvalue weighted by Crippen LogP contribution is 2.24. The van der Waals surface area contributed by atoms with Crippen molar-refractivity contribution in [3.05, 3.63) is 36.0 Å². The van der Waals surface area contributed by atoms with Crippen molar-refractivity contribution >= 4 is 5.91 Å². The van der Waals surface area contributed by atoms with Gasteiger partial charge in [-0.05, 0) is 25.0 Å². The van der Waals surface area contributed by atoms with Gasteiger partial charge in [-0.3, -0.25) is 4.79 Å². The van der Waals surface area contributed by atoms with Crippen molar-refractivity contribution < 1.29 is 14.4 Å². The molecule has 20 heavy (non-hydrogen) atoms. The summed E-state index contributed by atoms with van der Waals surface area (Å²) >= 11 is 0. The van der Waals surface area contributed by atoms with E-state index in [0.29, 0.717) is 11.3 Å². The summed E-state index contributed by atoms with van der Waals surface area (Å²) in [4.78, 5) is 12.0. The van der Waals surface area contributed by atoms with E-state index in [2.05, 4.69) is 10.5 Å². The number of benzene rings is 1. The number of nitrogens with zero attached hydrogens (tertiary/aromatic N) is 1. The molecule has 1 amide bonds. The van der Waals surface area contributed by atoms with Gasteiger partial charge >= 0.3 is 0 Å². The zero-order valence-electron chi connectivity index (χ0n) is 11.0. The fourth-order valence-corrected chi connectivity index (χ4v) is 2.51. The van der Waals surface area contributed by atoms with Crippen LogP contribution in [0.25, 0.3) is 11.3 Å². The number of hydrogen-bond donors (Lipinski definition) is 2. The zero-order chi connectivity index (χ0) is 13.9. The van der Waals surface area contributed by atoms with Gasteiger partial charge < -0.3 is 14.9 Å². The van der Waals surface area contributed by atoms with E-state index in [1.54, 1.807) is 30.3 Å². The number of phenols is 1. The summed E-state index contributed by atoms with van der Waals surface area (Å²) in [7, 11) is 0. The lowest BCUT2D eigenvalue weighted by Gasteiger charge is -2.09. The first-order chi connectivity index (χ1) is 9.72. The summed E-state index contributed by atoms with van der Waals surface area (Å²) in [6.45, 7) is 0. The lowest BCUT2D eigenvalue weighted by molar-refractivity contribution is 0.0929. The van der Waals surface area contributed by atoms with Crippen LogP contribution >= 0.6 is 0 Å². The lowest BCUT2D eigenvalue weighted by Crippen LogP contribution is -2.32. The van der Waals surface area contributed by atoms with Crippen LogP contribution in [0.1, 0.15) is 36.2 Å². The third-order valence-electron chi connectivity index (χ3n) is 3.56. The molecule has 0 aliphatic heterocycles. The Morgan fingerprint density at radius 3 is 2.85 bits per heavy atom. The molecule has 0 bridgehead atoms. The highest BCUT2D eigenvalue weighted by atomic mass is 16.5. The second-order valence-electron chi connectivity index (χ2n) is 5.08. The van der Waals surface area contributed by atoms with E-state index in [-0.39, 0.29) is 23.4 Å². The van der Waals surface area contributed by atoms with E-state index in [1.807, 2.05) is 0 Å². The Bertz CT molecular complexity index is 615.